The Balaban J connectivity index is 1.40. The maximum absolute atomic E-state index is 14.8. The molecule has 11 nitrogen and oxygen atoms in total. The van der Waals surface area contributed by atoms with Crippen molar-refractivity contribution in [3.63, 3.8) is 0 Å². The zero-order valence-corrected chi connectivity index (χ0v) is 25.5. The topological polar surface area (TPSA) is 151 Å². The first-order valence-electron chi connectivity index (χ1n) is 14.5. The van der Waals surface area contributed by atoms with E-state index in [0.717, 1.165) is 25.0 Å². The summed E-state index contributed by atoms with van der Waals surface area (Å²) in [6.45, 7) is -0.738. The number of amides is 2. The second kappa shape index (κ2) is 11.5. The summed E-state index contributed by atoms with van der Waals surface area (Å²) in [5.74, 6) is -5.00. The van der Waals surface area contributed by atoms with E-state index in [1.54, 1.807) is 10.9 Å². The molecule has 1 aliphatic carbocycles. The normalized spacial score (nSPS) is 18.8. The Morgan fingerprint density at radius 3 is 2.43 bits per heavy atom. The van der Waals surface area contributed by atoms with Gasteiger partial charge in [0.1, 0.15) is 34.7 Å². The lowest BCUT2D eigenvalue weighted by Gasteiger charge is -2.31. The highest BCUT2D eigenvalue weighted by atomic mass is 19.4. The van der Waals surface area contributed by atoms with Crippen LogP contribution in [0.25, 0.3) is 22.2 Å². The lowest BCUT2D eigenvalue weighted by molar-refractivity contribution is -0.275. The van der Waals surface area contributed by atoms with Crippen LogP contribution < -0.4 is 25.3 Å². The number of fused-ring (bicyclic) bond motifs is 2. The van der Waals surface area contributed by atoms with Gasteiger partial charge in [0.2, 0.25) is 11.5 Å². The van der Waals surface area contributed by atoms with Crippen LogP contribution in [0.3, 0.4) is 0 Å². The number of hydrogen-bond donors (Lipinski definition) is 3. The molecule has 4 N–H and O–H groups in total. The summed E-state index contributed by atoms with van der Waals surface area (Å²) in [5, 5.41) is 18.3. The molecular weight excluding hydrogens is 671 g/mol. The van der Waals surface area contributed by atoms with E-state index in [-0.39, 0.29) is 34.2 Å². The average molecular weight is 698 g/mol. The number of aliphatic hydroxyl groups is 1. The Morgan fingerprint density at radius 2 is 1.84 bits per heavy atom. The van der Waals surface area contributed by atoms with E-state index in [9.17, 15) is 45.4 Å². The number of nitrogens with zero attached hydrogens (tertiary/aromatic N) is 3. The number of benzene rings is 2. The number of nitrogens with one attached hydrogen (secondary N) is 1. The molecule has 260 valence electrons. The van der Waals surface area contributed by atoms with Gasteiger partial charge in [0.05, 0.1) is 25.4 Å². The van der Waals surface area contributed by atoms with Gasteiger partial charge < -0.3 is 30.4 Å². The zero-order chi connectivity index (χ0) is 35.7. The van der Waals surface area contributed by atoms with Crippen molar-refractivity contribution >= 4 is 22.7 Å². The average Bonchev–Trinajstić information content (AvgIpc) is 3.69. The van der Waals surface area contributed by atoms with Crippen LogP contribution >= 0.6 is 0 Å². The van der Waals surface area contributed by atoms with Gasteiger partial charge in [-0.2, -0.15) is 18.3 Å². The molecule has 1 unspecified atom stereocenters. The van der Waals surface area contributed by atoms with Crippen molar-refractivity contribution in [2.75, 3.05) is 20.3 Å². The molecule has 2 aromatic carbocycles. The van der Waals surface area contributed by atoms with Gasteiger partial charge in [-0.05, 0) is 56.2 Å². The number of hydrogen-bond acceptors (Lipinski definition) is 8. The number of nitrogens with two attached hydrogens (primary N) is 1. The second-order valence-electron chi connectivity index (χ2n) is 11.9. The number of carbonyl (C=O) groups excluding carboxylic acids is 2. The van der Waals surface area contributed by atoms with Crippen molar-refractivity contribution in [2.45, 2.75) is 49.4 Å². The Hall–Kier alpha value is -5.13. The molecule has 18 heteroatoms. The number of halogens is 7. The molecule has 4 aromatic rings. The van der Waals surface area contributed by atoms with Crippen LogP contribution in [0.2, 0.25) is 0 Å². The molecule has 0 radical (unpaired) electrons. The Kier molecular flexibility index (Phi) is 7.92. The van der Waals surface area contributed by atoms with Crippen molar-refractivity contribution in [3.05, 3.63) is 65.2 Å². The van der Waals surface area contributed by atoms with Gasteiger partial charge in [-0.15, -0.1) is 13.2 Å². The fourth-order valence-corrected chi connectivity index (χ4v) is 5.43. The number of methoxy groups -OCH3 is 1. The van der Waals surface area contributed by atoms with Crippen LogP contribution in [-0.2, 0) is 15.8 Å². The quantitative estimate of drug-likeness (QED) is 0.211. The second-order valence-corrected chi connectivity index (χ2v) is 11.9. The standard InChI is InChI=1S/C31H26F7N5O6/c1-28(27(39)45)13-48-25-18(28)10-22(41-24(25)14-3-6-20(19(32)8-14)49-31(36,37)38)29(46,30(33,34)35)12-40-26(44)15-7-16-11-43(17-4-5-17)42-23(16)21(9-15)47-2/h3,6-11,17,46H,4-5,12-13H2,1-2H3,(H2,39,45)(H,40,44)/t28-,29?/m0/s1. The van der Waals surface area contributed by atoms with Crippen LogP contribution in [0.1, 0.15) is 47.4 Å². The summed E-state index contributed by atoms with van der Waals surface area (Å²) in [6, 6.07) is 5.52. The minimum absolute atomic E-state index is 0.113. The van der Waals surface area contributed by atoms with Crippen molar-refractivity contribution < 1.29 is 59.6 Å². The van der Waals surface area contributed by atoms with Crippen LogP contribution in [0, 0.1) is 5.82 Å². The third kappa shape index (κ3) is 6.04. The monoisotopic (exact) mass is 697 g/mol. The maximum Gasteiger partial charge on any atom is 0.573 e. The van der Waals surface area contributed by atoms with Crippen LogP contribution in [0.15, 0.2) is 42.6 Å². The molecule has 3 heterocycles. The van der Waals surface area contributed by atoms with Crippen LogP contribution in [-0.4, -0.2) is 64.5 Å². The summed E-state index contributed by atoms with van der Waals surface area (Å²) in [5.41, 5.74) is -2.21. The fraction of sp³-hybridized carbons (Fsp3) is 0.355. The lowest BCUT2D eigenvalue weighted by atomic mass is 9.81. The molecule has 1 aliphatic heterocycles. The van der Waals surface area contributed by atoms with E-state index >= 15 is 0 Å². The molecular formula is C31H26F7N5O6. The predicted molar refractivity (Wildman–Crippen MR) is 155 cm³/mol. The molecule has 2 aromatic heterocycles. The van der Waals surface area contributed by atoms with Gasteiger partial charge in [0, 0.05) is 28.3 Å². The van der Waals surface area contributed by atoms with E-state index in [1.165, 1.54) is 26.2 Å². The fourth-order valence-electron chi connectivity index (χ4n) is 5.43. The summed E-state index contributed by atoms with van der Waals surface area (Å²) >= 11 is 0. The molecule has 1 saturated carbocycles. The first-order valence-corrected chi connectivity index (χ1v) is 14.5. The molecule has 0 bridgehead atoms. The number of carbonyl (C=O) groups is 2. The molecule has 2 aliphatic rings. The number of aromatic nitrogens is 3. The molecule has 0 spiro atoms. The van der Waals surface area contributed by atoms with Gasteiger partial charge in [-0.25, -0.2) is 9.37 Å². The minimum atomic E-state index is -5.52. The highest BCUT2D eigenvalue weighted by Crippen LogP contribution is 2.48. The first kappa shape index (κ1) is 33.8. The van der Waals surface area contributed by atoms with Gasteiger partial charge in [-0.1, -0.05) is 0 Å². The molecule has 49 heavy (non-hydrogen) atoms. The first-order chi connectivity index (χ1) is 22.8. The molecule has 2 atom stereocenters. The Labute approximate surface area is 271 Å². The van der Waals surface area contributed by atoms with Crippen molar-refractivity contribution in [2.24, 2.45) is 5.73 Å². The SMILES string of the molecule is COc1cc(C(=O)NCC(O)(c2cc3c(c(-c4ccc(OC(F)(F)F)c(F)c4)n2)OC[C@]3(C)C(N)=O)C(F)(F)F)cc2cn(C3CC3)nc12. The maximum atomic E-state index is 14.8. The van der Waals surface area contributed by atoms with Gasteiger partial charge in [-0.3, -0.25) is 14.3 Å². The van der Waals surface area contributed by atoms with E-state index in [0.29, 0.717) is 23.0 Å². The number of rotatable bonds is 9. The Morgan fingerprint density at radius 1 is 1.12 bits per heavy atom. The van der Waals surface area contributed by atoms with Crippen molar-refractivity contribution in [3.8, 4) is 28.5 Å². The molecule has 6 rings (SSSR count). The number of primary amides is 1. The summed E-state index contributed by atoms with van der Waals surface area (Å²) in [6.07, 6.45) is -7.27. The van der Waals surface area contributed by atoms with Crippen molar-refractivity contribution in [1.82, 2.24) is 20.1 Å². The van der Waals surface area contributed by atoms with Crippen LogP contribution in [0.5, 0.6) is 17.2 Å². The minimum Gasteiger partial charge on any atom is -0.494 e. The predicted octanol–water partition coefficient (Wildman–Crippen LogP) is 4.79. The van der Waals surface area contributed by atoms with Gasteiger partial charge in [0.15, 0.2) is 11.6 Å². The number of alkyl halides is 6. The van der Waals surface area contributed by atoms with Crippen molar-refractivity contribution in [1.29, 1.82) is 0 Å². The van der Waals surface area contributed by atoms with Crippen LogP contribution in [0.4, 0.5) is 30.7 Å². The number of pyridine rings is 1. The van der Waals surface area contributed by atoms with E-state index < -0.39 is 71.5 Å². The van der Waals surface area contributed by atoms with Gasteiger partial charge >= 0.3 is 12.5 Å². The Bertz CT molecular complexity index is 1990. The van der Waals surface area contributed by atoms with E-state index in [1.807, 2.05) is 0 Å². The molecule has 0 saturated heterocycles. The summed E-state index contributed by atoms with van der Waals surface area (Å²) in [4.78, 5) is 29.6. The highest BCUT2D eigenvalue weighted by molar-refractivity contribution is 6.00. The van der Waals surface area contributed by atoms with E-state index in [4.69, 9.17) is 15.2 Å². The molecule has 1 fully saturated rings. The third-order valence-corrected chi connectivity index (χ3v) is 8.44. The molecule has 2 amide bonds. The van der Waals surface area contributed by atoms with Gasteiger partial charge in [0.25, 0.3) is 5.91 Å². The number of ether oxygens (including phenoxy) is 3. The summed E-state index contributed by atoms with van der Waals surface area (Å²) in [7, 11) is 1.33. The summed E-state index contributed by atoms with van der Waals surface area (Å²) < 4.78 is 113. The smallest absolute Gasteiger partial charge is 0.494 e. The van der Waals surface area contributed by atoms with E-state index in [2.05, 4.69) is 20.1 Å². The lowest BCUT2D eigenvalue weighted by Crippen LogP contribution is -2.51. The third-order valence-electron chi connectivity index (χ3n) is 8.44. The highest BCUT2D eigenvalue weighted by Gasteiger charge is 2.58. The zero-order valence-electron chi connectivity index (χ0n) is 25.5. The largest absolute Gasteiger partial charge is 0.573 e.